The van der Waals surface area contributed by atoms with Crippen LogP contribution in [0.1, 0.15) is 24.4 Å². The van der Waals surface area contributed by atoms with Gasteiger partial charge in [-0.25, -0.2) is 0 Å². The molecule has 1 rings (SSSR count). The fourth-order valence-corrected chi connectivity index (χ4v) is 1.68. The zero-order valence-electron chi connectivity index (χ0n) is 8.26. The van der Waals surface area contributed by atoms with Crippen molar-refractivity contribution in [3.8, 4) is 5.75 Å². The molecule has 0 aliphatic heterocycles. The summed E-state index contributed by atoms with van der Waals surface area (Å²) >= 11 is 3.17. The van der Waals surface area contributed by atoms with E-state index in [-0.39, 0.29) is 12.2 Å². The lowest BCUT2D eigenvalue weighted by atomic mass is 10.0. The van der Waals surface area contributed by atoms with Crippen LogP contribution in [0.3, 0.4) is 0 Å². The summed E-state index contributed by atoms with van der Waals surface area (Å²) in [5.74, 6) is -0.0853. The Morgan fingerprint density at radius 2 is 2.00 bits per heavy atom. The summed E-state index contributed by atoms with van der Waals surface area (Å²) in [6, 6.07) is 3.69. The summed E-state index contributed by atoms with van der Waals surface area (Å²) in [4.78, 5) is 0. The topological polar surface area (TPSA) is 46.2 Å². The Morgan fingerprint density at radius 1 is 1.38 bits per heavy atom. The largest absolute Gasteiger partial charge is 0.508 e. The molecule has 90 valence electrons. The van der Waals surface area contributed by atoms with Crippen molar-refractivity contribution >= 4 is 15.9 Å². The second-order valence-corrected chi connectivity index (χ2v) is 4.38. The van der Waals surface area contributed by atoms with Gasteiger partial charge in [0.25, 0.3) is 0 Å². The van der Waals surface area contributed by atoms with Gasteiger partial charge in [0.1, 0.15) is 5.75 Å². The zero-order chi connectivity index (χ0) is 12.3. The number of hydrogen-bond donors (Lipinski definition) is 2. The highest BCUT2D eigenvalue weighted by molar-refractivity contribution is 9.10. The summed E-state index contributed by atoms with van der Waals surface area (Å²) in [6.45, 7) is 0. The van der Waals surface area contributed by atoms with Crippen LogP contribution in [-0.2, 0) is 0 Å². The van der Waals surface area contributed by atoms with E-state index in [1.165, 1.54) is 12.1 Å². The Labute approximate surface area is 99.4 Å². The van der Waals surface area contributed by atoms with Gasteiger partial charge in [0.15, 0.2) is 0 Å². The number of aromatic hydroxyl groups is 1. The first kappa shape index (κ1) is 13.3. The van der Waals surface area contributed by atoms with Gasteiger partial charge in [-0.2, -0.15) is 13.2 Å². The summed E-state index contributed by atoms with van der Waals surface area (Å²) in [7, 11) is 0. The fourth-order valence-electron chi connectivity index (χ4n) is 1.30. The number of nitrogens with two attached hydrogens (primary N) is 1. The Balaban J connectivity index is 2.73. The maximum atomic E-state index is 12.0. The molecule has 1 atom stereocenters. The summed E-state index contributed by atoms with van der Waals surface area (Å²) in [6.07, 6.45) is -5.42. The number of phenolic OH excluding ortho intramolecular Hbond substituents is 1. The first-order valence-electron chi connectivity index (χ1n) is 4.60. The van der Waals surface area contributed by atoms with Crippen molar-refractivity contribution in [2.75, 3.05) is 0 Å². The first-order valence-corrected chi connectivity index (χ1v) is 5.39. The van der Waals surface area contributed by atoms with E-state index in [1.54, 1.807) is 6.07 Å². The van der Waals surface area contributed by atoms with Gasteiger partial charge in [-0.1, -0.05) is 15.9 Å². The predicted molar refractivity (Wildman–Crippen MR) is 58.0 cm³/mol. The number of hydrogen-bond acceptors (Lipinski definition) is 2. The van der Waals surface area contributed by atoms with E-state index >= 15 is 0 Å². The Hall–Kier alpha value is -0.750. The van der Waals surface area contributed by atoms with Gasteiger partial charge >= 0.3 is 6.18 Å². The second-order valence-electron chi connectivity index (χ2n) is 3.46. The second kappa shape index (κ2) is 5.05. The average Bonchev–Trinajstić information content (AvgIpc) is 2.17. The third-order valence-electron chi connectivity index (χ3n) is 2.13. The molecule has 0 heterocycles. The van der Waals surface area contributed by atoms with Gasteiger partial charge in [-0.05, 0) is 24.6 Å². The molecule has 0 aromatic heterocycles. The molecular weight excluding hydrogens is 287 g/mol. The van der Waals surface area contributed by atoms with E-state index in [4.69, 9.17) is 5.73 Å². The maximum Gasteiger partial charge on any atom is 0.389 e. The van der Waals surface area contributed by atoms with Crippen molar-refractivity contribution in [1.29, 1.82) is 0 Å². The highest BCUT2D eigenvalue weighted by Gasteiger charge is 2.28. The first-order chi connectivity index (χ1) is 7.29. The molecule has 6 heteroatoms. The minimum atomic E-state index is -4.22. The van der Waals surface area contributed by atoms with Crippen molar-refractivity contribution in [1.82, 2.24) is 0 Å². The monoisotopic (exact) mass is 297 g/mol. The van der Waals surface area contributed by atoms with Crippen LogP contribution < -0.4 is 5.73 Å². The Morgan fingerprint density at radius 3 is 2.56 bits per heavy atom. The van der Waals surface area contributed by atoms with E-state index in [1.807, 2.05) is 0 Å². The van der Waals surface area contributed by atoms with Crippen molar-refractivity contribution in [3.63, 3.8) is 0 Å². The van der Waals surface area contributed by atoms with Gasteiger partial charge in [0.2, 0.25) is 0 Å². The summed E-state index contributed by atoms with van der Waals surface area (Å²) < 4.78 is 36.6. The Kier molecular flexibility index (Phi) is 4.21. The lowest BCUT2D eigenvalue weighted by Crippen LogP contribution is -2.15. The minimum Gasteiger partial charge on any atom is -0.508 e. The molecule has 0 aliphatic rings. The molecule has 0 radical (unpaired) electrons. The molecule has 0 amide bonds. The molecule has 1 aromatic rings. The van der Waals surface area contributed by atoms with E-state index in [9.17, 15) is 18.3 Å². The molecule has 1 aromatic carbocycles. The fraction of sp³-hybridized carbons (Fsp3) is 0.400. The van der Waals surface area contributed by atoms with E-state index < -0.39 is 18.6 Å². The van der Waals surface area contributed by atoms with Crippen LogP contribution in [0.25, 0.3) is 0 Å². The molecule has 0 spiro atoms. The molecule has 0 fully saturated rings. The van der Waals surface area contributed by atoms with Crippen molar-refractivity contribution in [2.45, 2.75) is 25.1 Å². The number of phenols is 1. The van der Waals surface area contributed by atoms with Crippen LogP contribution in [0.4, 0.5) is 13.2 Å². The maximum absolute atomic E-state index is 12.0. The van der Waals surface area contributed by atoms with Crippen LogP contribution in [0.2, 0.25) is 0 Å². The van der Waals surface area contributed by atoms with Crippen LogP contribution in [0.5, 0.6) is 5.75 Å². The molecule has 0 bridgehead atoms. The van der Waals surface area contributed by atoms with Gasteiger partial charge < -0.3 is 10.8 Å². The molecule has 0 saturated heterocycles. The van der Waals surface area contributed by atoms with Crippen LogP contribution in [-0.4, -0.2) is 11.3 Å². The normalized spacial score (nSPS) is 13.8. The SMILES string of the molecule is N[C@H](CCC(F)(F)F)c1cc(Br)ccc1O. The quantitative estimate of drug-likeness (QED) is 0.897. The van der Waals surface area contributed by atoms with E-state index in [0.717, 1.165) is 0 Å². The standard InChI is InChI=1S/C10H11BrF3NO/c11-6-1-2-9(16)7(5-6)8(15)3-4-10(12,13)14/h1-2,5,8,16H,3-4,15H2/t8-/m1/s1. The summed E-state index contributed by atoms with van der Waals surface area (Å²) in [5.41, 5.74) is 5.91. The molecule has 3 N–H and O–H groups in total. The van der Waals surface area contributed by atoms with E-state index in [2.05, 4.69) is 15.9 Å². The van der Waals surface area contributed by atoms with Crippen molar-refractivity contribution in [3.05, 3.63) is 28.2 Å². The summed E-state index contributed by atoms with van der Waals surface area (Å²) in [5, 5.41) is 9.45. The van der Waals surface area contributed by atoms with Crippen molar-refractivity contribution < 1.29 is 18.3 Å². The van der Waals surface area contributed by atoms with Crippen LogP contribution in [0.15, 0.2) is 22.7 Å². The highest BCUT2D eigenvalue weighted by atomic mass is 79.9. The molecule has 0 unspecified atom stereocenters. The van der Waals surface area contributed by atoms with Gasteiger partial charge in [0, 0.05) is 22.5 Å². The van der Waals surface area contributed by atoms with E-state index in [0.29, 0.717) is 10.0 Å². The zero-order valence-corrected chi connectivity index (χ0v) is 9.85. The van der Waals surface area contributed by atoms with Crippen molar-refractivity contribution in [2.24, 2.45) is 5.73 Å². The number of benzene rings is 1. The smallest absolute Gasteiger partial charge is 0.389 e. The molecule has 16 heavy (non-hydrogen) atoms. The lowest BCUT2D eigenvalue weighted by Gasteiger charge is -2.15. The molecule has 0 saturated carbocycles. The van der Waals surface area contributed by atoms with Crippen LogP contribution in [0, 0.1) is 0 Å². The third kappa shape index (κ3) is 4.02. The molecule has 0 aliphatic carbocycles. The third-order valence-corrected chi connectivity index (χ3v) is 2.62. The number of alkyl halides is 3. The molecule has 2 nitrogen and oxygen atoms in total. The number of halogens is 4. The van der Waals surface area contributed by atoms with Crippen LogP contribution >= 0.6 is 15.9 Å². The number of rotatable bonds is 3. The van der Waals surface area contributed by atoms with Gasteiger partial charge in [-0.15, -0.1) is 0 Å². The Bertz CT molecular complexity index is 368. The molecular formula is C10H11BrF3NO. The van der Waals surface area contributed by atoms with Gasteiger partial charge in [0.05, 0.1) is 0 Å². The lowest BCUT2D eigenvalue weighted by molar-refractivity contribution is -0.136. The highest BCUT2D eigenvalue weighted by Crippen LogP contribution is 2.31. The average molecular weight is 298 g/mol. The predicted octanol–water partition coefficient (Wildman–Crippen LogP) is 3.50. The van der Waals surface area contributed by atoms with Gasteiger partial charge in [-0.3, -0.25) is 0 Å². The minimum absolute atomic E-state index is 0.0853.